The van der Waals surface area contributed by atoms with Crippen LogP contribution in [-0.2, 0) is 4.79 Å². The van der Waals surface area contributed by atoms with Crippen molar-refractivity contribution in [1.29, 1.82) is 0 Å². The first-order valence-electron chi connectivity index (χ1n) is 11.9. The van der Waals surface area contributed by atoms with Crippen LogP contribution in [0.4, 0.5) is 14.9 Å². The van der Waals surface area contributed by atoms with Crippen molar-refractivity contribution in [2.75, 3.05) is 31.1 Å². The lowest BCUT2D eigenvalue weighted by atomic mass is 10.0. The van der Waals surface area contributed by atoms with E-state index in [1.807, 2.05) is 4.90 Å². The van der Waals surface area contributed by atoms with Gasteiger partial charge in [0.1, 0.15) is 29.8 Å². The van der Waals surface area contributed by atoms with Gasteiger partial charge in [-0.1, -0.05) is 12.1 Å². The number of aromatic nitrogens is 2. The highest BCUT2D eigenvalue weighted by molar-refractivity contribution is 8.18. The highest BCUT2D eigenvalue weighted by Gasteiger charge is 2.26. The monoisotopic (exact) mass is 527 g/mol. The second-order valence-electron chi connectivity index (χ2n) is 8.96. The lowest BCUT2D eigenvalue weighted by Crippen LogP contribution is -2.45. The number of rotatable bonds is 8. The predicted octanol–water partition coefficient (Wildman–Crippen LogP) is 2.32. The summed E-state index contributed by atoms with van der Waals surface area (Å²) in [6, 6.07) is 10.2. The Balaban J connectivity index is 1.09. The molecular weight excluding hydrogens is 501 g/mol. The van der Waals surface area contributed by atoms with Crippen LogP contribution < -0.4 is 26.0 Å². The first-order chi connectivity index (χ1) is 17.9. The number of imide groups is 1. The van der Waals surface area contributed by atoms with Crippen LogP contribution in [0.25, 0.3) is 17.1 Å². The Morgan fingerprint density at radius 1 is 1.19 bits per heavy atom. The third-order valence-electron chi connectivity index (χ3n) is 6.33. The Kier molecular flexibility index (Phi) is 7.31. The highest BCUT2D eigenvalue weighted by Crippen LogP contribution is 2.29. The fourth-order valence-corrected chi connectivity index (χ4v) is 5.15. The van der Waals surface area contributed by atoms with E-state index in [0.29, 0.717) is 47.7 Å². The van der Waals surface area contributed by atoms with Crippen molar-refractivity contribution in [2.24, 2.45) is 0 Å². The Bertz CT molecular complexity index is 1410. The number of aliphatic hydroxyl groups excluding tert-OH is 1. The van der Waals surface area contributed by atoms with Gasteiger partial charge in [0.25, 0.3) is 11.1 Å². The van der Waals surface area contributed by atoms with Crippen molar-refractivity contribution < 1.29 is 23.8 Å². The van der Waals surface area contributed by atoms with E-state index in [0.717, 1.165) is 24.6 Å². The number of carbonyl (C=O) groups excluding carboxylic acids is 2. The molecule has 0 spiro atoms. The summed E-state index contributed by atoms with van der Waals surface area (Å²) in [5.41, 5.74) is 1.89. The number of piperidine rings is 1. The van der Waals surface area contributed by atoms with Crippen molar-refractivity contribution in [3.05, 3.63) is 63.2 Å². The summed E-state index contributed by atoms with van der Waals surface area (Å²) < 4.78 is 20.5. The summed E-state index contributed by atoms with van der Waals surface area (Å²) in [4.78, 5) is 42.1. The Labute approximate surface area is 215 Å². The van der Waals surface area contributed by atoms with Gasteiger partial charge in [-0.2, -0.15) is 0 Å². The van der Waals surface area contributed by atoms with Gasteiger partial charge in [0, 0.05) is 25.7 Å². The predicted molar refractivity (Wildman–Crippen MR) is 139 cm³/mol. The maximum absolute atomic E-state index is 14.8. The summed E-state index contributed by atoms with van der Waals surface area (Å²) in [6.45, 7) is 1.71. The number of nitrogens with one attached hydrogen (secondary N) is 4. The minimum atomic E-state index is -0.742. The number of nitrogens with zero attached hydrogens (tertiary/aromatic N) is 1. The molecule has 12 heteroatoms. The number of hydrogen-bond acceptors (Lipinski definition) is 8. The molecule has 37 heavy (non-hydrogen) atoms. The van der Waals surface area contributed by atoms with E-state index < -0.39 is 17.3 Å². The van der Waals surface area contributed by atoms with Gasteiger partial charge in [0.2, 0.25) is 0 Å². The largest absolute Gasteiger partial charge is 0.489 e. The highest BCUT2D eigenvalue weighted by atomic mass is 32.2. The zero-order valence-electron chi connectivity index (χ0n) is 19.8. The van der Waals surface area contributed by atoms with Crippen molar-refractivity contribution >= 4 is 45.7 Å². The van der Waals surface area contributed by atoms with Crippen LogP contribution in [0, 0.1) is 5.82 Å². The third kappa shape index (κ3) is 5.87. The van der Waals surface area contributed by atoms with Crippen LogP contribution in [0.15, 0.2) is 46.1 Å². The topological polar surface area (TPSA) is 140 Å². The Morgan fingerprint density at radius 3 is 2.73 bits per heavy atom. The lowest BCUT2D eigenvalue weighted by Gasteiger charge is -2.34. The first kappa shape index (κ1) is 25.1. The first-order valence-corrected chi connectivity index (χ1v) is 12.7. The number of anilines is 1. The van der Waals surface area contributed by atoms with Gasteiger partial charge >= 0.3 is 5.69 Å². The van der Waals surface area contributed by atoms with Crippen molar-refractivity contribution in [3.8, 4) is 5.75 Å². The molecule has 5 N–H and O–H groups in total. The number of imidazole rings is 1. The molecule has 0 bridgehead atoms. The zero-order valence-corrected chi connectivity index (χ0v) is 20.6. The minimum Gasteiger partial charge on any atom is -0.489 e. The number of ether oxygens (including phenoxy) is 1. The van der Waals surface area contributed by atoms with Crippen LogP contribution in [-0.4, -0.2) is 64.6 Å². The smallest absolute Gasteiger partial charge is 0.323 e. The van der Waals surface area contributed by atoms with E-state index in [9.17, 15) is 23.9 Å². The molecule has 2 saturated heterocycles. The molecule has 3 aromatic rings. The number of amides is 2. The minimum absolute atomic E-state index is 0.0697. The number of aromatic amines is 2. The Morgan fingerprint density at radius 2 is 2.00 bits per heavy atom. The normalized spacial score (nSPS) is 18.5. The van der Waals surface area contributed by atoms with Gasteiger partial charge in [0.15, 0.2) is 0 Å². The van der Waals surface area contributed by atoms with Crippen LogP contribution in [0.3, 0.4) is 0 Å². The van der Waals surface area contributed by atoms with E-state index in [2.05, 4.69) is 20.6 Å². The van der Waals surface area contributed by atoms with Crippen LogP contribution in [0.1, 0.15) is 18.4 Å². The second kappa shape index (κ2) is 10.8. The van der Waals surface area contributed by atoms with Gasteiger partial charge in [-0.15, -0.1) is 0 Å². The van der Waals surface area contributed by atoms with Crippen molar-refractivity contribution in [3.63, 3.8) is 0 Å². The fraction of sp³-hybridized carbons (Fsp3) is 0.320. The number of fused-ring (bicyclic) bond motifs is 1. The van der Waals surface area contributed by atoms with Crippen LogP contribution in [0.2, 0.25) is 0 Å². The number of para-hydroxylation sites is 1. The van der Waals surface area contributed by atoms with E-state index in [4.69, 9.17) is 4.74 Å². The summed E-state index contributed by atoms with van der Waals surface area (Å²) in [5, 5.41) is 15.5. The summed E-state index contributed by atoms with van der Waals surface area (Å²) in [5.74, 6) is -0.367. The van der Waals surface area contributed by atoms with Gasteiger partial charge in [-0.05, 0) is 60.5 Å². The number of aliphatic hydroxyl groups is 1. The number of benzene rings is 2. The van der Waals surface area contributed by atoms with E-state index >= 15 is 0 Å². The molecule has 3 heterocycles. The quantitative estimate of drug-likeness (QED) is 0.281. The number of thioether (sulfide) groups is 1. The van der Waals surface area contributed by atoms with E-state index in [1.54, 1.807) is 30.3 Å². The SMILES string of the molecule is O=C1NC(=O)/C(=C\c2ccc(N3CCC(NC[C@H](O)COc4cccc5[nH]c(=O)[nH]c45)CC3)c(F)c2)S1. The molecule has 2 aliphatic rings. The molecule has 2 aliphatic heterocycles. The molecule has 0 unspecified atom stereocenters. The molecule has 194 valence electrons. The van der Waals surface area contributed by atoms with Gasteiger partial charge in [0.05, 0.1) is 16.1 Å². The maximum Gasteiger partial charge on any atom is 0.323 e. The summed E-state index contributed by atoms with van der Waals surface area (Å²) in [6.07, 6.45) is 2.32. The molecule has 0 radical (unpaired) electrons. The summed E-state index contributed by atoms with van der Waals surface area (Å²) in [7, 11) is 0. The van der Waals surface area contributed by atoms with Gasteiger partial charge in [-0.25, -0.2) is 9.18 Å². The average molecular weight is 528 g/mol. The number of carbonyl (C=O) groups is 2. The zero-order chi connectivity index (χ0) is 25.9. The summed E-state index contributed by atoms with van der Waals surface area (Å²) >= 11 is 0.798. The fourth-order valence-electron chi connectivity index (χ4n) is 4.47. The lowest BCUT2D eigenvalue weighted by molar-refractivity contribution is -0.115. The Hall–Kier alpha value is -3.61. The number of halogens is 1. The molecule has 2 fully saturated rings. The van der Waals surface area contributed by atoms with Crippen LogP contribution in [0.5, 0.6) is 5.75 Å². The average Bonchev–Trinajstić information content (AvgIpc) is 3.41. The third-order valence-corrected chi connectivity index (χ3v) is 7.14. The molecule has 0 aliphatic carbocycles. The van der Waals surface area contributed by atoms with E-state index in [-0.39, 0.29) is 29.1 Å². The number of H-pyrrole nitrogens is 2. The molecular formula is C25H26FN5O5S. The van der Waals surface area contributed by atoms with Gasteiger partial charge in [-0.3, -0.25) is 14.9 Å². The molecule has 0 saturated carbocycles. The molecule has 1 aromatic heterocycles. The maximum atomic E-state index is 14.8. The molecule has 2 aromatic carbocycles. The molecule has 10 nitrogen and oxygen atoms in total. The standard InChI is InChI=1S/C25H26FN5O5S/c26-17-10-14(11-21-23(33)30-25(35)37-21)4-5-19(17)31-8-6-15(7-9-31)27-12-16(32)13-36-20-3-1-2-18-22(20)29-24(34)28-18/h1-5,10-11,15-16,27,32H,6-9,12-13H2,(H2,28,29,34)(H,30,33,35)/b21-11+/t16-/m0/s1. The molecule has 1 atom stereocenters. The van der Waals surface area contributed by atoms with Crippen molar-refractivity contribution in [1.82, 2.24) is 20.6 Å². The van der Waals surface area contributed by atoms with Crippen molar-refractivity contribution in [2.45, 2.75) is 25.0 Å². The van der Waals surface area contributed by atoms with E-state index in [1.165, 1.54) is 12.1 Å². The number of hydrogen-bond donors (Lipinski definition) is 5. The second-order valence-corrected chi connectivity index (χ2v) is 9.97. The van der Waals surface area contributed by atoms with Crippen LogP contribution >= 0.6 is 11.8 Å². The molecule has 5 rings (SSSR count). The van der Waals surface area contributed by atoms with Gasteiger partial charge < -0.3 is 30.0 Å². The molecule has 2 amide bonds.